The van der Waals surface area contributed by atoms with Crippen molar-refractivity contribution in [2.75, 3.05) is 59.5 Å². The molecule has 1 saturated heterocycles. The van der Waals surface area contributed by atoms with Gasteiger partial charge < -0.3 is 15.2 Å². The number of aliphatic hydroxyl groups is 1. The molecule has 23 heavy (non-hydrogen) atoms. The van der Waals surface area contributed by atoms with Crippen molar-refractivity contribution in [3.63, 3.8) is 0 Å². The number of piperazine rings is 1. The Balaban J connectivity index is 2.29. The normalized spacial score (nSPS) is 17.4. The van der Waals surface area contributed by atoms with Crippen LogP contribution >= 0.6 is 0 Å². The number of rotatable bonds is 8. The van der Waals surface area contributed by atoms with E-state index in [0.717, 1.165) is 45.0 Å². The van der Waals surface area contributed by atoms with E-state index in [1.165, 1.54) is 11.1 Å². The van der Waals surface area contributed by atoms with E-state index in [2.05, 4.69) is 47.2 Å². The molecule has 1 atom stereocenters. The Labute approximate surface area is 140 Å². The molecule has 1 aromatic carbocycles. The Kier molecular flexibility index (Phi) is 7.30. The van der Waals surface area contributed by atoms with Crippen LogP contribution in [0.2, 0.25) is 0 Å². The molecule has 1 heterocycles. The van der Waals surface area contributed by atoms with Crippen molar-refractivity contribution in [2.45, 2.75) is 19.9 Å². The summed E-state index contributed by atoms with van der Waals surface area (Å²) in [5.41, 5.74) is 2.47. The van der Waals surface area contributed by atoms with Crippen LogP contribution in [0.3, 0.4) is 0 Å². The minimum Gasteiger partial charge on any atom is -0.496 e. The second-order valence-corrected chi connectivity index (χ2v) is 6.16. The van der Waals surface area contributed by atoms with Crippen molar-refractivity contribution >= 4 is 0 Å². The summed E-state index contributed by atoms with van der Waals surface area (Å²) in [5.74, 6) is 0.937. The van der Waals surface area contributed by atoms with Gasteiger partial charge in [-0.05, 0) is 19.5 Å². The lowest BCUT2D eigenvalue weighted by atomic mass is 10.0. The standard InChI is InChI=1S/C18H31N3O2/c1-4-21(11-12-22)17(14-20-9-7-19-8-10-20)16-13-15(2)5-6-18(16)23-3/h5-6,13,17,19,22H,4,7-12,14H2,1-3H3. The van der Waals surface area contributed by atoms with Gasteiger partial charge in [-0.15, -0.1) is 0 Å². The number of ether oxygens (including phenoxy) is 1. The molecule has 0 aliphatic carbocycles. The van der Waals surface area contributed by atoms with Crippen LogP contribution in [0.5, 0.6) is 5.75 Å². The van der Waals surface area contributed by atoms with Crippen LogP contribution in [-0.2, 0) is 0 Å². The highest BCUT2D eigenvalue weighted by atomic mass is 16.5. The molecule has 1 unspecified atom stereocenters. The maximum atomic E-state index is 9.45. The molecule has 5 heteroatoms. The van der Waals surface area contributed by atoms with Gasteiger partial charge in [-0.1, -0.05) is 24.6 Å². The summed E-state index contributed by atoms with van der Waals surface area (Å²) >= 11 is 0. The topological polar surface area (TPSA) is 48.0 Å². The van der Waals surface area contributed by atoms with E-state index in [4.69, 9.17) is 4.74 Å². The first-order valence-electron chi connectivity index (χ1n) is 8.62. The van der Waals surface area contributed by atoms with E-state index in [9.17, 15) is 5.11 Å². The summed E-state index contributed by atoms with van der Waals surface area (Å²) in [5, 5.41) is 12.9. The number of hydrogen-bond donors (Lipinski definition) is 2. The number of methoxy groups -OCH3 is 1. The van der Waals surface area contributed by atoms with Crippen LogP contribution in [-0.4, -0.2) is 74.4 Å². The monoisotopic (exact) mass is 321 g/mol. The lowest BCUT2D eigenvalue weighted by molar-refractivity contribution is 0.111. The summed E-state index contributed by atoms with van der Waals surface area (Å²) in [6.45, 7) is 11.3. The minimum absolute atomic E-state index is 0.181. The zero-order valence-electron chi connectivity index (χ0n) is 14.7. The first-order valence-corrected chi connectivity index (χ1v) is 8.62. The SMILES string of the molecule is CCN(CCO)C(CN1CCNCC1)c1cc(C)ccc1OC. The third kappa shape index (κ3) is 4.91. The van der Waals surface area contributed by atoms with E-state index >= 15 is 0 Å². The van der Waals surface area contributed by atoms with Gasteiger partial charge in [-0.25, -0.2) is 0 Å². The van der Waals surface area contributed by atoms with Crippen molar-refractivity contribution in [3.8, 4) is 5.75 Å². The maximum absolute atomic E-state index is 9.45. The van der Waals surface area contributed by atoms with Gasteiger partial charge in [0, 0.05) is 44.8 Å². The zero-order valence-corrected chi connectivity index (χ0v) is 14.7. The third-order valence-electron chi connectivity index (χ3n) is 4.62. The van der Waals surface area contributed by atoms with Crippen LogP contribution in [0.15, 0.2) is 18.2 Å². The highest BCUT2D eigenvalue weighted by Gasteiger charge is 2.25. The average Bonchev–Trinajstić information content (AvgIpc) is 2.59. The fourth-order valence-electron chi connectivity index (χ4n) is 3.33. The molecule has 1 aliphatic rings. The molecule has 0 spiro atoms. The Morgan fingerprint density at radius 3 is 2.70 bits per heavy atom. The minimum atomic E-state index is 0.181. The van der Waals surface area contributed by atoms with Gasteiger partial charge in [0.25, 0.3) is 0 Å². The van der Waals surface area contributed by atoms with Gasteiger partial charge in [0.1, 0.15) is 5.75 Å². The highest BCUT2D eigenvalue weighted by Crippen LogP contribution is 2.31. The number of benzene rings is 1. The number of hydrogen-bond acceptors (Lipinski definition) is 5. The van der Waals surface area contributed by atoms with E-state index in [1.807, 2.05) is 0 Å². The smallest absolute Gasteiger partial charge is 0.123 e. The van der Waals surface area contributed by atoms with Crippen LogP contribution < -0.4 is 10.1 Å². The molecular formula is C18H31N3O2. The molecule has 0 amide bonds. The molecule has 0 bridgehead atoms. The third-order valence-corrected chi connectivity index (χ3v) is 4.62. The van der Waals surface area contributed by atoms with Gasteiger partial charge in [0.2, 0.25) is 0 Å². The molecule has 130 valence electrons. The van der Waals surface area contributed by atoms with Crippen LogP contribution in [0.4, 0.5) is 0 Å². The molecule has 0 radical (unpaired) electrons. The Morgan fingerprint density at radius 2 is 2.09 bits per heavy atom. The van der Waals surface area contributed by atoms with Crippen LogP contribution in [0, 0.1) is 6.92 Å². The number of aryl methyl sites for hydroxylation is 1. The van der Waals surface area contributed by atoms with Crippen LogP contribution in [0.1, 0.15) is 24.1 Å². The quantitative estimate of drug-likeness (QED) is 0.755. The van der Waals surface area contributed by atoms with Gasteiger partial charge in [-0.2, -0.15) is 0 Å². The van der Waals surface area contributed by atoms with Gasteiger partial charge in [-0.3, -0.25) is 9.80 Å². The average molecular weight is 321 g/mol. The number of nitrogens with zero attached hydrogens (tertiary/aromatic N) is 2. The van der Waals surface area contributed by atoms with Crippen molar-refractivity contribution in [3.05, 3.63) is 29.3 Å². The lowest BCUT2D eigenvalue weighted by Crippen LogP contribution is -2.47. The Morgan fingerprint density at radius 1 is 1.35 bits per heavy atom. The summed E-state index contributed by atoms with van der Waals surface area (Å²) in [6, 6.07) is 6.61. The summed E-state index contributed by atoms with van der Waals surface area (Å²) in [6.07, 6.45) is 0. The Bertz CT molecular complexity index is 475. The van der Waals surface area contributed by atoms with Gasteiger partial charge >= 0.3 is 0 Å². The molecule has 1 aromatic rings. The van der Waals surface area contributed by atoms with E-state index in [-0.39, 0.29) is 12.6 Å². The molecule has 2 N–H and O–H groups in total. The molecule has 2 rings (SSSR count). The van der Waals surface area contributed by atoms with Gasteiger partial charge in [0.05, 0.1) is 19.8 Å². The lowest BCUT2D eigenvalue weighted by Gasteiger charge is -2.37. The molecule has 1 aliphatic heterocycles. The number of likely N-dealkylation sites (N-methyl/N-ethyl adjacent to an activating group) is 1. The summed E-state index contributed by atoms with van der Waals surface area (Å²) in [7, 11) is 1.73. The molecule has 5 nitrogen and oxygen atoms in total. The second kappa shape index (κ2) is 9.23. The van der Waals surface area contributed by atoms with Crippen molar-refractivity contribution in [1.82, 2.24) is 15.1 Å². The Hall–Kier alpha value is -1.14. The largest absolute Gasteiger partial charge is 0.496 e. The second-order valence-electron chi connectivity index (χ2n) is 6.16. The molecule has 1 fully saturated rings. The first-order chi connectivity index (χ1) is 11.2. The molecule has 0 saturated carbocycles. The predicted octanol–water partition coefficient (Wildman–Crippen LogP) is 1.26. The maximum Gasteiger partial charge on any atom is 0.123 e. The molecule has 0 aromatic heterocycles. The van der Waals surface area contributed by atoms with E-state index < -0.39 is 0 Å². The summed E-state index contributed by atoms with van der Waals surface area (Å²) in [4.78, 5) is 4.85. The van der Waals surface area contributed by atoms with E-state index in [0.29, 0.717) is 6.54 Å². The van der Waals surface area contributed by atoms with Crippen molar-refractivity contribution in [2.24, 2.45) is 0 Å². The fourth-order valence-corrected chi connectivity index (χ4v) is 3.33. The molecular weight excluding hydrogens is 290 g/mol. The number of aliphatic hydroxyl groups excluding tert-OH is 1. The fraction of sp³-hybridized carbons (Fsp3) is 0.667. The number of nitrogens with one attached hydrogen (secondary N) is 1. The van der Waals surface area contributed by atoms with Crippen LogP contribution in [0.25, 0.3) is 0 Å². The van der Waals surface area contributed by atoms with Crippen molar-refractivity contribution < 1.29 is 9.84 Å². The first kappa shape index (κ1) is 18.2. The zero-order chi connectivity index (χ0) is 16.7. The highest BCUT2D eigenvalue weighted by molar-refractivity contribution is 5.39. The van der Waals surface area contributed by atoms with E-state index in [1.54, 1.807) is 7.11 Å². The van der Waals surface area contributed by atoms with Crippen molar-refractivity contribution in [1.29, 1.82) is 0 Å². The van der Waals surface area contributed by atoms with Gasteiger partial charge in [0.15, 0.2) is 0 Å². The summed E-state index contributed by atoms with van der Waals surface area (Å²) < 4.78 is 5.62. The predicted molar refractivity (Wildman–Crippen MR) is 94.1 cm³/mol.